The molecule has 1 aliphatic carbocycles. The van der Waals surface area contributed by atoms with Crippen LogP contribution in [-0.4, -0.2) is 48.4 Å². The number of hydrogen-bond acceptors (Lipinski definition) is 3. The zero-order valence-electron chi connectivity index (χ0n) is 10.6. The highest BCUT2D eigenvalue weighted by Crippen LogP contribution is 2.41. The van der Waals surface area contributed by atoms with Gasteiger partial charge in [0.1, 0.15) is 5.41 Å². The molecule has 2 aliphatic rings. The van der Waals surface area contributed by atoms with Crippen LogP contribution in [0.15, 0.2) is 0 Å². The second kappa shape index (κ2) is 5.05. The number of carbonyl (C=O) groups excluding carboxylic acids is 1. The van der Waals surface area contributed by atoms with Crippen molar-refractivity contribution in [3.05, 3.63) is 0 Å². The number of rotatable bonds is 3. The number of nitrogens with zero attached hydrogens (tertiary/aromatic N) is 3. The van der Waals surface area contributed by atoms with Gasteiger partial charge in [-0.2, -0.15) is 5.26 Å². The van der Waals surface area contributed by atoms with Crippen molar-refractivity contribution in [1.82, 2.24) is 9.80 Å². The molecule has 17 heavy (non-hydrogen) atoms. The van der Waals surface area contributed by atoms with Crippen molar-refractivity contribution in [2.45, 2.75) is 32.6 Å². The molecule has 4 heteroatoms. The molecule has 1 saturated carbocycles. The second-order valence-electron chi connectivity index (χ2n) is 5.18. The van der Waals surface area contributed by atoms with Gasteiger partial charge in [-0.05, 0) is 32.2 Å². The summed E-state index contributed by atoms with van der Waals surface area (Å²) in [5.41, 5.74) is -0.660. The van der Waals surface area contributed by atoms with Gasteiger partial charge in [0.25, 0.3) is 0 Å². The summed E-state index contributed by atoms with van der Waals surface area (Å²) in [6.45, 7) is 6.80. The average molecular weight is 235 g/mol. The van der Waals surface area contributed by atoms with Gasteiger partial charge < -0.3 is 4.90 Å². The monoisotopic (exact) mass is 235 g/mol. The van der Waals surface area contributed by atoms with Gasteiger partial charge in [0.15, 0.2) is 0 Å². The Morgan fingerprint density at radius 1 is 1.29 bits per heavy atom. The van der Waals surface area contributed by atoms with E-state index in [1.807, 2.05) is 4.90 Å². The molecule has 4 nitrogen and oxygen atoms in total. The molecule has 94 valence electrons. The highest BCUT2D eigenvalue weighted by molar-refractivity contribution is 5.86. The van der Waals surface area contributed by atoms with Crippen molar-refractivity contribution >= 4 is 5.91 Å². The van der Waals surface area contributed by atoms with Crippen molar-refractivity contribution in [3.8, 4) is 6.07 Å². The Morgan fingerprint density at radius 2 is 1.94 bits per heavy atom. The summed E-state index contributed by atoms with van der Waals surface area (Å²) in [4.78, 5) is 16.6. The molecule has 0 spiro atoms. The predicted molar refractivity (Wildman–Crippen MR) is 65.2 cm³/mol. The van der Waals surface area contributed by atoms with Gasteiger partial charge in [-0.15, -0.1) is 0 Å². The fourth-order valence-corrected chi connectivity index (χ4v) is 2.70. The fourth-order valence-electron chi connectivity index (χ4n) is 2.70. The lowest BCUT2D eigenvalue weighted by Gasteiger charge is -2.41. The molecular formula is C13H21N3O. The average Bonchev–Trinajstić information content (AvgIpc) is 2.29. The molecule has 1 saturated heterocycles. The Hall–Kier alpha value is -1.08. The van der Waals surface area contributed by atoms with Crippen molar-refractivity contribution < 1.29 is 4.79 Å². The molecule has 1 heterocycles. The van der Waals surface area contributed by atoms with Crippen LogP contribution in [0.2, 0.25) is 0 Å². The Labute approximate surface area is 103 Å². The van der Waals surface area contributed by atoms with Crippen LogP contribution >= 0.6 is 0 Å². The van der Waals surface area contributed by atoms with E-state index in [-0.39, 0.29) is 5.91 Å². The maximum Gasteiger partial charge on any atom is 0.243 e. The molecule has 2 fully saturated rings. The Kier molecular flexibility index (Phi) is 3.68. The molecule has 0 aromatic rings. The first-order valence-electron chi connectivity index (χ1n) is 6.65. The normalized spacial score (nSPS) is 23.9. The smallest absolute Gasteiger partial charge is 0.243 e. The molecule has 0 aromatic heterocycles. The van der Waals surface area contributed by atoms with Crippen LogP contribution < -0.4 is 0 Å². The first kappa shape index (κ1) is 12.4. The standard InChI is InChI=1S/C13H21N3O/c1-2-6-15-7-9-16(10-8-15)12(17)13(11-14)4-3-5-13/h2-10H2,1H3. The number of piperazine rings is 1. The molecule has 0 bridgehead atoms. The third-order valence-electron chi connectivity index (χ3n) is 4.03. The lowest BCUT2D eigenvalue weighted by molar-refractivity contribution is -0.144. The first-order chi connectivity index (χ1) is 8.22. The van der Waals surface area contributed by atoms with Gasteiger partial charge in [0.2, 0.25) is 5.91 Å². The summed E-state index contributed by atoms with van der Waals surface area (Å²) < 4.78 is 0. The van der Waals surface area contributed by atoms with Crippen LogP contribution in [0.5, 0.6) is 0 Å². The van der Waals surface area contributed by atoms with E-state index in [1.54, 1.807) is 0 Å². The van der Waals surface area contributed by atoms with Gasteiger partial charge in [0.05, 0.1) is 6.07 Å². The van der Waals surface area contributed by atoms with E-state index in [0.717, 1.165) is 58.4 Å². The summed E-state index contributed by atoms with van der Waals surface area (Å²) in [5, 5.41) is 9.17. The minimum Gasteiger partial charge on any atom is -0.339 e. The van der Waals surface area contributed by atoms with Gasteiger partial charge >= 0.3 is 0 Å². The molecule has 2 rings (SSSR count). The highest BCUT2D eigenvalue weighted by Gasteiger charge is 2.47. The number of hydrogen-bond donors (Lipinski definition) is 0. The molecule has 1 amide bonds. The van der Waals surface area contributed by atoms with E-state index in [4.69, 9.17) is 5.26 Å². The van der Waals surface area contributed by atoms with E-state index in [1.165, 1.54) is 0 Å². The van der Waals surface area contributed by atoms with Gasteiger partial charge in [-0.25, -0.2) is 0 Å². The molecule has 0 radical (unpaired) electrons. The maximum atomic E-state index is 12.3. The van der Waals surface area contributed by atoms with Crippen LogP contribution in [0.4, 0.5) is 0 Å². The summed E-state index contributed by atoms with van der Waals surface area (Å²) in [6.07, 6.45) is 3.71. The van der Waals surface area contributed by atoms with Crippen LogP contribution in [0.25, 0.3) is 0 Å². The lowest BCUT2D eigenvalue weighted by atomic mass is 9.69. The van der Waals surface area contributed by atoms with Gasteiger partial charge in [-0.3, -0.25) is 9.69 Å². The molecular weight excluding hydrogens is 214 g/mol. The van der Waals surface area contributed by atoms with E-state index in [0.29, 0.717) is 0 Å². The zero-order valence-corrected chi connectivity index (χ0v) is 10.6. The van der Waals surface area contributed by atoms with Crippen LogP contribution in [0.3, 0.4) is 0 Å². The van der Waals surface area contributed by atoms with Crippen molar-refractivity contribution in [1.29, 1.82) is 5.26 Å². The first-order valence-corrected chi connectivity index (χ1v) is 6.65. The van der Waals surface area contributed by atoms with Crippen molar-refractivity contribution in [3.63, 3.8) is 0 Å². The lowest BCUT2D eigenvalue weighted by Crippen LogP contribution is -2.54. The van der Waals surface area contributed by atoms with E-state index >= 15 is 0 Å². The topological polar surface area (TPSA) is 47.3 Å². The molecule has 0 N–H and O–H groups in total. The third-order valence-corrected chi connectivity index (χ3v) is 4.03. The van der Waals surface area contributed by atoms with Crippen LogP contribution in [0.1, 0.15) is 32.6 Å². The summed E-state index contributed by atoms with van der Waals surface area (Å²) in [5.74, 6) is 0.0856. The van der Waals surface area contributed by atoms with E-state index in [2.05, 4.69) is 17.9 Å². The highest BCUT2D eigenvalue weighted by atomic mass is 16.2. The van der Waals surface area contributed by atoms with Crippen LogP contribution in [-0.2, 0) is 4.79 Å². The Bertz CT molecular complexity index is 322. The van der Waals surface area contributed by atoms with Crippen molar-refractivity contribution in [2.75, 3.05) is 32.7 Å². The SMILES string of the molecule is CCCN1CCN(C(=O)C2(C#N)CCC2)CC1. The quantitative estimate of drug-likeness (QED) is 0.739. The number of carbonyl (C=O) groups is 1. The zero-order chi connectivity index (χ0) is 12.3. The Morgan fingerprint density at radius 3 is 2.35 bits per heavy atom. The molecule has 0 unspecified atom stereocenters. The summed E-state index contributed by atoms with van der Waals surface area (Å²) in [7, 11) is 0. The molecule has 1 aliphatic heterocycles. The maximum absolute atomic E-state index is 12.3. The molecule has 0 atom stereocenters. The van der Waals surface area contributed by atoms with Crippen LogP contribution in [0, 0.1) is 16.7 Å². The third kappa shape index (κ3) is 2.30. The van der Waals surface area contributed by atoms with Crippen molar-refractivity contribution in [2.24, 2.45) is 5.41 Å². The fraction of sp³-hybridized carbons (Fsp3) is 0.846. The van der Waals surface area contributed by atoms with Gasteiger partial charge in [-0.1, -0.05) is 6.92 Å². The minimum atomic E-state index is -0.660. The van der Waals surface area contributed by atoms with Gasteiger partial charge in [0, 0.05) is 26.2 Å². The number of amides is 1. The Balaban J connectivity index is 1.88. The van der Waals surface area contributed by atoms with E-state index in [9.17, 15) is 4.79 Å². The summed E-state index contributed by atoms with van der Waals surface area (Å²) >= 11 is 0. The minimum absolute atomic E-state index is 0.0856. The van der Waals surface area contributed by atoms with E-state index < -0.39 is 5.41 Å². The predicted octanol–water partition coefficient (Wildman–Crippen LogP) is 1.23. The summed E-state index contributed by atoms with van der Waals surface area (Å²) in [6, 6.07) is 2.24. The molecule has 0 aromatic carbocycles. The number of nitriles is 1. The largest absolute Gasteiger partial charge is 0.339 e. The second-order valence-corrected chi connectivity index (χ2v) is 5.18.